The summed E-state index contributed by atoms with van der Waals surface area (Å²) in [6, 6.07) is 7.08. The van der Waals surface area contributed by atoms with Crippen LogP contribution < -0.4 is 9.46 Å². The predicted molar refractivity (Wildman–Crippen MR) is 102 cm³/mol. The number of nitrogens with one attached hydrogen (secondary N) is 1. The minimum atomic E-state index is -3.73. The van der Waals surface area contributed by atoms with Gasteiger partial charge >= 0.3 is 0 Å². The average Bonchev–Trinajstić information content (AvgIpc) is 3.23. The summed E-state index contributed by atoms with van der Waals surface area (Å²) in [6.45, 7) is 3.56. The summed E-state index contributed by atoms with van der Waals surface area (Å²) in [4.78, 5) is 5.16. The molecule has 0 fully saturated rings. The van der Waals surface area contributed by atoms with Crippen LogP contribution in [0.15, 0.2) is 39.9 Å². The molecule has 1 unspecified atom stereocenters. The van der Waals surface area contributed by atoms with E-state index in [-0.39, 0.29) is 9.96 Å². The van der Waals surface area contributed by atoms with Crippen LogP contribution >= 0.6 is 22.7 Å². The monoisotopic (exact) mass is 412 g/mol. The molecule has 1 atom stereocenters. The summed E-state index contributed by atoms with van der Waals surface area (Å²) in [5, 5.41) is 2.82. The molecule has 0 spiro atoms. The van der Waals surface area contributed by atoms with Gasteiger partial charge in [-0.3, -0.25) is 0 Å². The van der Waals surface area contributed by atoms with Crippen molar-refractivity contribution in [2.45, 2.75) is 24.1 Å². The van der Waals surface area contributed by atoms with E-state index < -0.39 is 21.9 Å². The van der Waals surface area contributed by atoms with Gasteiger partial charge < -0.3 is 4.74 Å². The Bertz CT molecular complexity index is 1030. The lowest BCUT2D eigenvalue weighted by Crippen LogP contribution is -2.26. The molecule has 0 radical (unpaired) electrons. The van der Waals surface area contributed by atoms with Crippen LogP contribution in [0.5, 0.6) is 5.75 Å². The van der Waals surface area contributed by atoms with E-state index in [0.717, 1.165) is 26.9 Å². The number of aryl methyl sites for hydroxylation is 1. The fraction of sp³-hybridized carbons (Fsp3) is 0.235. The van der Waals surface area contributed by atoms with Crippen molar-refractivity contribution >= 4 is 32.7 Å². The van der Waals surface area contributed by atoms with Crippen molar-refractivity contribution in [3.63, 3.8) is 0 Å². The molecule has 0 saturated heterocycles. The predicted octanol–water partition coefficient (Wildman–Crippen LogP) is 4.37. The molecule has 3 rings (SSSR count). The third-order valence-corrected chi connectivity index (χ3v) is 7.64. The lowest BCUT2D eigenvalue weighted by molar-refractivity contribution is 0.386. The van der Waals surface area contributed by atoms with E-state index in [1.165, 1.54) is 30.6 Å². The molecule has 5 nitrogen and oxygen atoms in total. The first-order chi connectivity index (χ1) is 12.3. The van der Waals surface area contributed by atoms with Gasteiger partial charge in [0, 0.05) is 11.4 Å². The highest BCUT2D eigenvalue weighted by Gasteiger charge is 2.22. The number of thiophene rings is 1. The van der Waals surface area contributed by atoms with Crippen molar-refractivity contribution in [1.29, 1.82) is 0 Å². The summed E-state index contributed by atoms with van der Waals surface area (Å²) in [6.07, 6.45) is 0. The Morgan fingerprint density at radius 1 is 1.27 bits per heavy atom. The number of hydrogen-bond donors (Lipinski definition) is 1. The molecule has 2 heterocycles. The lowest BCUT2D eigenvalue weighted by atomic mass is 10.1. The molecule has 0 saturated carbocycles. The van der Waals surface area contributed by atoms with E-state index in [1.54, 1.807) is 25.1 Å². The van der Waals surface area contributed by atoms with Crippen molar-refractivity contribution in [2.75, 3.05) is 7.11 Å². The van der Waals surface area contributed by atoms with Gasteiger partial charge in [0.05, 0.1) is 22.7 Å². The maximum absolute atomic E-state index is 13.9. The number of sulfonamides is 1. The van der Waals surface area contributed by atoms with Crippen LogP contribution in [0.1, 0.15) is 23.5 Å². The Kier molecular flexibility index (Phi) is 5.42. The number of hydrogen-bond acceptors (Lipinski definition) is 6. The van der Waals surface area contributed by atoms with Gasteiger partial charge in [-0.2, -0.15) is 0 Å². The number of rotatable bonds is 6. The van der Waals surface area contributed by atoms with Gasteiger partial charge in [-0.25, -0.2) is 22.5 Å². The van der Waals surface area contributed by atoms with Gasteiger partial charge in [0.2, 0.25) is 0 Å². The third-order valence-electron chi connectivity index (χ3n) is 3.73. The van der Waals surface area contributed by atoms with E-state index >= 15 is 0 Å². The highest BCUT2D eigenvalue weighted by molar-refractivity contribution is 7.91. The average molecular weight is 413 g/mol. The number of benzene rings is 1. The number of halogens is 1. The van der Waals surface area contributed by atoms with Crippen molar-refractivity contribution < 1.29 is 17.5 Å². The van der Waals surface area contributed by atoms with Crippen molar-refractivity contribution in [1.82, 2.24) is 9.71 Å². The van der Waals surface area contributed by atoms with Crippen LogP contribution in [0.3, 0.4) is 0 Å². The fourth-order valence-corrected chi connectivity index (χ4v) is 5.59. The second-order valence-corrected chi connectivity index (χ2v) is 9.69. The van der Waals surface area contributed by atoms with Crippen LogP contribution in [0.4, 0.5) is 4.39 Å². The molecular formula is C17H17FN2O3S3. The normalized spacial score (nSPS) is 12.9. The third kappa shape index (κ3) is 3.96. The molecule has 26 heavy (non-hydrogen) atoms. The first-order valence-corrected chi connectivity index (χ1v) is 10.9. The minimum Gasteiger partial charge on any atom is -0.494 e. The molecule has 0 amide bonds. The molecular weight excluding hydrogens is 395 g/mol. The first kappa shape index (κ1) is 19.0. The summed E-state index contributed by atoms with van der Waals surface area (Å²) < 4.78 is 46.8. The maximum atomic E-state index is 13.9. The summed E-state index contributed by atoms with van der Waals surface area (Å²) in [5.74, 6) is -0.418. The number of aromatic nitrogens is 1. The molecule has 3 aromatic rings. The SMILES string of the molecule is COc1ccc(C(C)NS(=O)(=O)c2ccc(-c3csc(C)n3)s2)cc1F. The largest absolute Gasteiger partial charge is 0.494 e. The van der Waals surface area contributed by atoms with E-state index in [2.05, 4.69) is 9.71 Å². The van der Waals surface area contributed by atoms with Crippen LogP contribution in [0.25, 0.3) is 10.6 Å². The van der Waals surface area contributed by atoms with Gasteiger partial charge in [-0.05, 0) is 43.7 Å². The molecule has 0 bridgehead atoms. The Morgan fingerprint density at radius 2 is 2.04 bits per heavy atom. The molecule has 1 N–H and O–H groups in total. The van der Waals surface area contributed by atoms with Crippen LogP contribution in [0.2, 0.25) is 0 Å². The lowest BCUT2D eigenvalue weighted by Gasteiger charge is -2.14. The number of ether oxygens (including phenoxy) is 1. The molecule has 0 aliphatic carbocycles. The van der Waals surface area contributed by atoms with Crippen LogP contribution in [0, 0.1) is 12.7 Å². The fourth-order valence-electron chi connectivity index (χ4n) is 2.39. The second kappa shape index (κ2) is 7.43. The van der Waals surface area contributed by atoms with Crippen LogP contribution in [-0.2, 0) is 10.0 Å². The smallest absolute Gasteiger partial charge is 0.250 e. The number of thiazole rings is 1. The zero-order valence-corrected chi connectivity index (χ0v) is 16.8. The van der Waals surface area contributed by atoms with Crippen molar-refractivity contribution in [3.05, 3.63) is 52.1 Å². The molecule has 9 heteroatoms. The van der Waals surface area contributed by atoms with E-state index in [4.69, 9.17) is 4.74 Å². The number of nitrogens with zero attached hydrogens (tertiary/aromatic N) is 1. The first-order valence-electron chi connectivity index (χ1n) is 7.68. The quantitative estimate of drug-likeness (QED) is 0.653. The Labute approximate surface area is 159 Å². The highest BCUT2D eigenvalue weighted by atomic mass is 32.2. The topological polar surface area (TPSA) is 68.3 Å². The van der Waals surface area contributed by atoms with Crippen molar-refractivity contribution in [3.8, 4) is 16.3 Å². The van der Waals surface area contributed by atoms with Gasteiger partial charge in [-0.15, -0.1) is 22.7 Å². The molecule has 0 aliphatic heterocycles. The Morgan fingerprint density at radius 3 is 2.65 bits per heavy atom. The Balaban J connectivity index is 1.80. The van der Waals surface area contributed by atoms with Gasteiger partial charge in [-0.1, -0.05) is 6.07 Å². The summed E-state index contributed by atoms with van der Waals surface area (Å²) >= 11 is 2.67. The van der Waals surface area contributed by atoms with E-state index in [9.17, 15) is 12.8 Å². The minimum absolute atomic E-state index is 0.116. The van der Waals surface area contributed by atoms with Gasteiger partial charge in [0.25, 0.3) is 10.0 Å². The van der Waals surface area contributed by atoms with Crippen molar-refractivity contribution in [2.24, 2.45) is 0 Å². The standard InChI is InChI=1S/C17H17FN2O3S3/c1-10(12-4-5-15(23-3)13(18)8-12)20-26(21,22)17-7-6-16(25-17)14-9-24-11(2)19-14/h4-10,20H,1-3H3. The summed E-state index contributed by atoms with van der Waals surface area (Å²) in [7, 11) is -2.35. The molecule has 138 valence electrons. The number of methoxy groups -OCH3 is 1. The van der Waals surface area contributed by atoms with E-state index in [1.807, 2.05) is 12.3 Å². The van der Waals surface area contributed by atoms with E-state index in [0.29, 0.717) is 5.56 Å². The second-order valence-electron chi connectivity index (χ2n) is 5.61. The maximum Gasteiger partial charge on any atom is 0.250 e. The summed E-state index contributed by atoms with van der Waals surface area (Å²) in [5.41, 5.74) is 1.28. The molecule has 0 aliphatic rings. The Hall–Kier alpha value is -1.81. The molecule has 1 aromatic carbocycles. The zero-order valence-electron chi connectivity index (χ0n) is 14.3. The van der Waals surface area contributed by atoms with Crippen LogP contribution in [-0.4, -0.2) is 20.5 Å². The van der Waals surface area contributed by atoms with Gasteiger partial charge in [0.1, 0.15) is 4.21 Å². The van der Waals surface area contributed by atoms with Gasteiger partial charge in [0.15, 0.2) is 11.6 Å². The highest BCUT2D eigenvalue weighted by Crippen LogP contribution is 2.32. The molecule has 2 aromatic heterocycles. The zero-order chi connectivity index (χ0) is 18.9.